The summed E-state index contributed by atoms with van der Waals surface area (Å²) >= 11 is 4.76. The number of sulfone groups is 1. The number of hydrogen-bond donors (Lipinski definition) is 1. The Morgan fingerprint density at radius 3 is 2.39 bits per heavy atom. The van der Waals surface area contributed by atoms with Gasteiger partial charge in [-0.05, 0) is 26.0 Å². The van der Waals surface area contributed by atoms with E-state index in [0.717, 1.165) is 11.8 Å². The molecule has 0 saturated carbocycles. The predicted molar refractivity (Wildman–Crippen MR) is 73.5 cm³/mol. The Balaban J connectivity index is 3.20. The van der Waals surface area contributed by atoms with Gasteiger partial charge in [-0.25, -0.2) is 8.42 Å². The number of nitrogens with zero attached hydrogens (tertiary/aromatic N) is 1. The van der Waals surface area contributed by atoms with E-state index in [4.69, 9.17) is 17.5 Å². The van der Waals surface area contributed by atoms with Crippen LogP contribution in [0.4, 0.5) is 0 Å². The molecule has 1 N–H and O–H groups in total. The molecule has 18 heavy (non-hydrogen) atoms. The van der Waals surface area contributed by atoms with Crippen LogP contribution < -0.4 is 5.32 Å². The Labute approximate surface area is 112 Å². The maximum atomic E-state index is 12.1. The van der Waals surface area contributed by atoms with Crippen molar-refractivity contribution >= 4 is 27.0 Å². The minimum Gasteiger partial charge on any atom is -0.355 e. The van der Waals surface area contributed by atoms with Gasteiger partial charge in [0.1, 0.15) is 6.07 Å². The molecule has 4 nitrogen and oxygen atoms in total. The van der Waals surface area contributed by atoms with Gasteiger partial charge in [-0.3, -0.25) is 0 Å². The summed E-state index contributed by atoms with van der Waals surface area (Å²) in [4.78, 5) is 0.113. The van der Waals surface area contributed by atoms with E-state index in [1.807, 2.05) is 6.92 Å². The summed E-state index contributed by atoms with van der Waals surface area (Å²) in [5, 5.41) is 11.5. The van der Waals surface area contributed by atoms with Gasteiger partial charge in [0.15, 0.2) is 4.91 Å². The molecule has 0 unspecified atom stereocenters. The summed E-state index contributed by atoms with van der Waals surface area (Å²) in [6.07, 6.45) is 1.11. The first kappa shape index (κ1) is 14.4. The Morgan fingerprint density at radius 1 is 1.39 bits per heavy atom. The van der Waals surface area contributed by atoms with Crippen molar-refractivity contribution in [3.8, 4) is 6.07 Å². The van der Waals surface area contributed by atoms with Crippen LogP contribution in [0.2, 0.25) is 0 Å². The fourth-order valence-electron chi connectivity index (χ4n) is 1.18. The van der Waals surface area contributed by atoms with Crippen LogP contribution in [-0.2, 0) is 9.84 Å². The molecule has 0 bridgehead atoms. The second-order valence-corrected chi connectivity index (χ2v) is 6.17. The van der Waals surface area contributed by atoms with Gasteiger partial charge in [-0.15, -0.1) is 0 Å². The van der Waals surface area contributed by atoms with E-state index < -0.39 is 9.84 Å². The normalized spacial score (nSPS) is 11.7. The monoisotopic (exact) mass is 280 g/mol. The third-order valence-corrected chi connectivity index (χ3v) is 3.94. The lowest BCUT2D eigenvalue weighted by Gasteiger charge is -2.04. The minimum atomic E-state index is -3.79. The van der Waals surface area contributed by atoms with Crippen LogP contribution in [0.1, 0.15) is 12.5 Å². The molecule has 0 atom stereocenters. The van der Waals surface area contributed by atoms with Crippen molar-refractivity contribution in [2.24, 2.45) is 0 Å². The Hall–Kier alpha value is -1.71. The molecule has 1 aromatic carbocycles. The minimum absolute atomic E-state index is 0.0877. The highest BCUT2D eigenvalue weighted by Gasteiger charge is 2.20. The van der Waals surface area contributed by atoms with Gasteiger partial charge in [-0.1, -0.05) is 29.9 Å². The molecular formula is C12H12N2O2S2. The van der Waals surface area contributed by atoms with Gasteiger partial charge in [0, 0.05) is 6.20 Å². The highest BCUT2D eigenvalue weighted by atomic mass is 32.2. The zero-order chi connectivity index (χ0) is 13.8. The fraction of sp³-hybridized carbons (Fsp3) is 0.167. The SMILES string of the molecule is CC(=S)N/C=C(\C#N)S(=O)(=O)c1ccc(C)cc1. The number of nitriles is 1. The highest BCUT2D eigenvalue weighted by Crippen LogP contribution is 2.18. The molecule has 0 aliphatic carbocycles. The summed E-state index contributed by atoms with van der Waals surface area (Å²) in [5.41, 5.74) is 0.948. The molecule has 0 heterocycles. The van der Waals surface area contributed by atoms with Gasteiger partial charge in [-0.2, -0.15) is 5.26 Å². The Morgan fingerprint density at radius 2 is 1.94 bits per heavy atom. The third kappa shape index (κ3) is 3.39. The molecule has 0 aromatic heterocycles. The second-order valence-electron chi connectivity index (χ2n) is 3.64. The van der Waals surface area contributed by atoms with Crippen molar-refractivity contribution in [2.45, 2.75) is 18.7 Å². The molecular weight excluding hydrogens is 268 g/mol. The Kier molecular flexibility index (Phi) is 4.59. The molecule has 0 amide bonds. The van der Waals surface area contributed by atoms with Gasteiger partial charge < -0.3 is 5.32 Å². The standard InChI is InChI=1S/C12H12N2O2S2/c1-9-3-5-11(6-4-9)18(15,16)12(7-13)8-14-10(2)17/h3-6,8H,1-2H3,(H,14,17)/b12-8+. The van der Waals surface area contributed by atoms with Gasteiger partial charge in [0.05, 0.1) is 9.88 Å². The topological polar surface area (TPSA) is 70.0 Å². The molecule has 6 heteroatoms. The van der Waals surface area contributed by atoms with E-state index in [9.17, 15) is 8.42 Å². The van der Waals surface area contributed by atoms with E-state index in [2.05, 4.69) is 5.32 Å². The summed E-state index contributed by atoms with van der Waals surface area (Å²) in [5.74, 6) is 0. The van der Waals surface area contributed by atoms with E-state index in [0.29, 0.717) is 4.99 Å². The molecule has 1 aromatic rings. The van der Waals surface area contributed by atoms with Crippen molar-refractivity contribution in [1.29, 1.82) is 5.26 Å². The molecule has 1 rings (SSSR count). The molecule has 0 spiro atoms. The van der Waals surface area contributed by atoms with Gasteiger partial charge in [0.25, 0.3) is 0 Å². The first-order valence-electron chi connectivity index (χ1n) is 5.07. The van der Waals surface area contributed by atoms with E-state index in [1.54, 1.807) is 25.1 Å². The quantitative estimate of drug-likeness (QED) is 0.678. The highest BCUT2D eigenvalue weighted by molar-refractivity contribution is 7.95. The van der Waals surface area contributed by atoms with Crippen LogP contribution in [0.3, 0.4) is 0 Å². The van der Waals surface area contributed by atoms with Crippen LogP contribution in [0.5, 0.6) is 0 Å². The lowest BCUT2D eigenvalue weighted by atomic mass is 10.2. The number of hydrogen-bond acceptors (Lipinski definition) is 4. The van der Waals surface area contributed by atoms with Crippen LogP contribution in [0.15, 0.2) is 40.3 Å². The van der Waals surface area contributed by atoms with Crippen molar-refractivity contribution in [3.63, 3.8) is 0 Å². The van der Waals surface area contributed by atoms with E-state index >= 15 is 0 Å². The second kappa shape index (κ2) is 5.76. The van der Waals surface area contributed by atoms with Crippen LogP contribution in [-0.4, -0.2) is 13.4 Å². The average Bonchev–Trinajstić information content (AvgIpc) is 2.29. The third-order valence-electron chi connectivity index (χ3n) is 2.14. The zero-order valence-electron chi connectivity index (χ0n) is 9.97. The van der Waals surface area contributed by atoms with E-state index in [1.165, 1.54) is 12.1 Å². The maximum Gasteiger partial charge on any atom is 0.218 e. The maximum absolute atomic E-state index is 12.1. The number of allylic oxidation sites excluding steroid dienone is 1. The number of aryl methyl sites for hydroxylation is 1. The summed E-state index contributed by atoms with van der Waals surface area (Å²) in [6, 6.07) is 7.97. The number of rotatable bonds is 3. The molecule has 0 radical (unpaired) electrons. The predicted octanol–water partition coefficient (Wildman–Crippen LogP) is 2.07. The van der Waals surface area contributed by atoms with E-state index in [-0.39, 0.29) is 9.80 Å². The smallest absolute Gasteiger partial charge is 0.218 e. The zero-order valence-corrected chi connectivity index (χ0v) is 11.6. The molecule has 0 aliphatic heterocycles. The lowest BCUT2D eigenvalue weighted by Crippen LogP contribution is -2.13. The fourth-order valence-corrected chi connectivity index (χ4v) is 2.32. The lowest BCUT2D eigenvalue weighted by molar-refractivity contribution is 0.603. The number of benzene rings is 1. The van der Waals surface area contributed by atoms with Crippen molar-refractivity contribution in [1.82, 2.24) is 5.32 Å². The van der Waals surface area contributed by atoms with Crippen LogP contribution >= 0.6 is 12.2 Å². The average molecular weight is 280 g/mol. The Bertz CT molecular complexity index is 623. The molecule has 0 saturated heterocycles. The van der Waals surface area contributed by atoms with Crippen LogP contribution in [0, 0.1) is 18.3 Å². The first-order valence-corrected chi connectivity index (χ1v) is 6.96. The summed E-state index contributed by atoms with van der Waals surface area (Å²) in [6.45, 7) is 3.45. The van der Waals surface area contributed by atoms with Gasteiger partial charge in [0.2, 0.25) is 9.84 Å². The van der Waals surface area contributed by atoms with Crippen molar-refractivity contribution in [2.75, 3.05) is 0 Å². The summed E-state index contributed by atoms with van der Waals surface area (Å²) in [7, 11) is -3.79. The van der Waals surface area contributed by atoms with Crippen molar-refractivity contribution < 1.29 is 8.42 Å². The first-order chi connectivity index (χ1) is 8.37. The van der Waals surface area contributed by atoms with Crippen LogP contribution in [0.25, 0.3) is 0 Å². The molecule has 94 valence electrons. The number of thiocarbonyl (C=S) groups is 1. The van der Waals surface area contributed by atoms with Gasteiger partial charge >= 0.3 is 0 Å². The largest absolute Gasteiger partial charge is 0.355 e. The molecule has 0 aliphatic rings. The summed E-state index contributed by atoms with van der Waals surface area (Å²) < 4.78 is 24.2. The van der Waals surface area contributed by atoms with Crippen molar-refractivity contribution in [3.05, 3.63) is 40.9 Å². The number of nitrogens with one attached hydrogen (secondary N) is 1. The molecule has 0 fully saturated rings.